The van der Waals surface area contributed by atoms with Gasteiger partial charge in [0.15, 0.2) is 0 Å². The van der Waals surface area contributed by atoms with Gasteiger partial charge >= 0.3 is 0 Å². The molecule has 1 aromatic carbocycles. The third kappa shape index (κ3) is 5.39. The van der Waals surface area contributed by atoms with Crippen molar-refractivity contribution in [3.63, 3.8) is 0 Å². The molecule has 1 atom stereocenters. The number of rotatable bonds is 7. The Kier molecular flexibility index (Phi) is 5.51. The molecule has 5 heteroatoms. The van der Waals surface area contributed by atoms with Crippen LogP contribution < -0.4 is 10.6 Å². The lowest BCUT2D eigenvalue weighted by Crippen LogP contribution is -2.23. The van der Waals surface area contributed by atoms with Crippen molar-refractivity contribution in [2.75, 3.05) is 11.9 Å². The highest BCUT2D eigenvalue weighted by atomic mass is 16.1. The van der Waals surface area contributed by atoms with E-state index in [0.29, 0.717) is 5.92 Å². The molecule has 112 valence electrons. The third-order valence-corrected chi connectivity index (χ3v) is 3.18. The predicted molar refractivity (Wildman–Crippen MR) is 83.8 cm³/mol. The Hall–Kier alpha value is -2.14. The monoisotopic (exact) mass is 286 g/mol. The molecular weight excluding hydrogens is 264 g/mol. The number of aromatic nitrogens is 2. The van der Waals surface area contributed by atoms with Crippen LogP contribution in [0.5, 0.6) is 0 Å². The highest BCUT2D eigenvalue weighted by molar-refractivity contribution is 5.88. The molecule has 21 heavy (non-hydrogen) atoms. The zero-order valence-electron chi connectivity index (χ0n) is 12.5. The van der Waals surface area contributed by atoms with Gasteiger partial charge in [-0.2, -0.15) is 0 Å². The standard InChI is InChI=1S/C16H22N4O/c1-13(11-20-8-7-17-12-20)9-18-10-15-3-5-16(6-4-15)19-14(2)21/h3-8,12-13,18H,9-11H2,1-2H3,(H,19,21). The van der Waals surface area contributed by atoms with Gasteiger partial charge in [-0.1, -0.05) is 19.1 Å². The van der Waals surface area contributed by atoms with Gasteiger partial charge in [-0.15, -0.1) is 0 Å². The van der Waals surface area contributed by atoms with Gasteiger partial charge in [-0.3, -0.25) is 4.79 Å². The number of anilines is 1. The summed E-state index contributed by atoms with van der Waals surface area (Å²) in [6.45, 7) is 6.47. The van der Waals surface area contributed by atoms with E-state index >= 15 is 0 Å². The normalized spacial score (nSPS) is 12.1. The SMILES string of the molecule is CC(=O)Nc1ccc(CNCC(C)Cn2ccnc2)cc1. The number of hydrogen-bond acceptors (Lipinski definition) is 3. The fraction of sp³-hybridized carbons (Fsp3) is 0.375. The summed E-state index contributed by atoms with van der Waals surface area (Å²) >= 11 is 0. The van der Waals surface area contributed by atoms with Gasteiger partial charge in [0.2, 0.25) is 5.91 Å². The second-order valence-corrected chi connectivity index (χ2v) is 5.37. The van der Waals surface area contributed by atoms with E-state index in [1.54, 1.807) is 6.20 Å². The maximum absolute atomic E-state index is 10.9. The lowest BCUT2D eigenvalue weighted by atomic mass is 10.1. The predicted octanol–water partition coefficient (Wildman–Crippen LogP) is 2.27. The summed E-state index contributed by atoms with van der Waals surface area (Å²) in [6, 6.07) is 7.90. The van der Waals surface area contributed by atoms with Crippen LogP contribution in [0.4, 0.5) is 5.69 Å². The quantitative estimate of drug-likeness (QED) is 0.821. The molecular formula is C16H22N4O. The van der Waals surface area contributed by atoms with Crippen LogP contribution in [-0.2, 0) is 17.9 Å². The topological polar surface area (TPSA) is 59.0 Å². The number of amides is 1. The Morgan fingerprint density at radius 3 is 2.71 bits per heavy atom. The van der Waals surface area contributed by atoms with Gasteiger partial charge < -0.3 is 15.2 Å². The summed E-state index contributed by atoms with van der Waals surface area (Å²) < 4.78 is 2.09. The largest absolute Gasteiger partial charge is 0.337 e. The van der Waals surface area contributed by atoms with E-state index in [9.17, 15) is 4.79 Å². The van der Waals surface area contributed by atoms with Crippen LogP contribution in [0.3, 0.4) is 0 Å². The molecule has 1 heterocycles. The van der Waals surface area contributed by atoms with Crippen molar-refractivity contribution in [1.82, 2.24) is 14.9 Å². The van der Waals surface area contributed by atoms with Crippen LogP contribution in [0.15, 0.2) is 43.0 Å². The minimum atomic E-state index is -0.0470. The molecule has 0 spiro atoms. The number of carbonyl (C=O) groups is 1. The van der Waals surface area contributed by atoms with Gasteiger partial charge in [0.05, 0.1) is 6.33 Å². The molecule has 0 saturated carbocycles. The van der Waals surface area contributed by atoms with E-state index in [0.717, 1.165) is 25.3 Å². The summed E-state index contributed by atoms with van der Waals surface area (Å²) in [6.07, 6.45) is 5.63. The molecule has 2 rings (SSSR count). The molecule has 0 radical (unpaired) electrons. The van der Waals surface area contributed by atoms with Crippen LogP contribution in [-0.4, -0.2) is 22.0 Å². The summed E-state index contributed by atoms with van der Waals surface area (Å²) in [5.74, 6) is 0.493. The van der Waals surface area contributed by atoms with E-state index in [1.807, 2.05) is 36.8 Å². The number of carbonyl (C=O) groups excluding carboxylic acids is 1. The second-order valence-electron chi connectivity index (χ2n) is 5.37. The number of benzene rings is 1. The lowest BCUT2D eigenvalue weighted by molar-refractivity contribution is -0.114. The van der Waals surface area contributed by atoms with E-state index in [-0.39, 0.29) is 5.91 Å². The Labute approximate surface area is 125 Å². The Bertz CT molecular complexity index is 548. The molecule has 0 bridgehead atoms. The summed E-state index contributed by atoms with van der Waals surface area (Å²) in [7, 11) is 0. The van der Waals surface area contributed by atoms with Crippen molar-refractivity contribution < 1.29 is 4.79 Å². The van der Waals surface area contributed by atoms with Gasteiger partial charge in [-0.25, -0.2) is 4.98 Å². The number of nitrogens with zero attached hydrogens (tertiary/aromatic N) is 2. The molecule has 0 saturated heterocycles. The molecule has 2 aromatic rings. The molecule has 5 nitrogen and oxygen atoms in total. The zero-order valence-corrected chi connectivity index (χ0v) is 12.5. The molecule has 0 aliphatic heterocycles. The second kappa shape index (κ2) is 7.59. The van der Waals surface area contributed by atoms with Crippen molar-refractivity contribution in [2.45, 2.75) is 26.9 Å². The van der Waals surface area contributed by atoms with E-state index in [1.165, 1.54) is 12.5 Å². The van der Waals surface area contributed by atoms with E-state index < -0.39 is 0 Å². The molecule has 2 N–H and O–H groups in total. The summed E-state index contributed by atoms with van der Waals surface area (Å²) in [4.78, 5) is 15.0. The first-order valence-electron chi connectivity index (χ1n) is 7.16. The first-order chi connectivity index (χ1) is 10.1. The first-order valence-corrected chi connectivity index (χ1v) is 7.16. The van der Waals surface area contributed by atoms with Gasteiger partial charge in [0.25, 0.3) is 0 Å². The number of nitrogens with one attached hydrogen (secondary N) is 2. The van der Waals surface area contributed by atoms with Gasteiger partial charge in [-0.05, 0) is 30.2 Å². The minimum absolute atomic E-state index is 0.0470. The Morgan fingerprint density at radius 2 is 2.10 bits per heavy atom. The molecule has 1 unspecified atom stereocenters. The molecule has 0 aliphatic carbocycles. The number of hydrogen-bond donors (Lipinski definition) is 2. The van der Waals surface area contributed by atoms with Crippen LogP contribution >= 0.6 is 0 Å². The van der Waals surface area contributed by atoms with Crippen molar-refractivity contribution in [2.24, 2.45) is 5.92 Å². The molecule has 0 aliphatic rings. The maximum atomic E-state index is 10.9. The Balaban J connectivity index is 1.71. The molecule has 1 aromatic heterocycles. The molecule has 1 amide bonds. The average molecular weight is 286 g/mol. The minimum Gasteiger partial charge on any atom is -0.337 e. The maximum Gasteiger partial charge on any atom is 0.221 e. The fourth-order valence-electron chi connectivity index (χ4n) is 2.19. The third-order valence-electron chi connectivity index (χ3n) is 3.18. The van der Waals surface area contributed by atoms with Gasteiger partial charge in [0, 0.05) is 38.1 Å². The van der Waals surface area contributed by atoms with Crippen LogP contribution in [0, 0.1) is 5.92 Å². The highest BCUT2D eigenvalue weighted by Crippen LogP contribution is 2.09. The van der Waals surface area contributed by atoms with E-state index in [2.05, 4.69) is 27.1 Å². The summed E-state index contributed by atoms with van der Waals surface area (Å²) in [5, 5.41) is 6.22. The fourth-order valence-corrected chi connectivity index (χ4v) is 2.19. The van der Waals surface area contributed by atoms with Crippen molar-refractivity contribution in [1.29, 1.82) is 0 Å². The van der Waals surface area contributed by atoms with Crippen molar-refractivity contribution in [3.8, 4) is 0 Å². The van der Waals surface area contributed by atoms with Crippen LogP contribution in [0.1, 0.15) is 19.4 Å². The highest BCUT2D eigenvalue weighted by Gasteiger charge is 2.03. The number of imidazole rings is 1. The molecule has 0 fully saturated rings. The van der Waals surface area contributed by atoms with E-state index in [4.69, 9.17) is 0 Å². The zero-order chi connectivity index (χ0) is 15.1. The van der Waals surface area contributed by atoms with Crippen LogP contribution in [0.25, 0.3) is 0 Å². The smallest absolute Gasteiger partial charge is 0.221 e. The summed E-state index contributed by atoms with van der Waals surface area (Å²) in [5.41, 5.74) is 2.04. The Morgan fingerprint density at radius 1 is 1.33 bits per heavy atom. The van der Waals surface area contributed by atoms with Crippen molar-refractivity contribution in [3.05, 3.63) is 48.5 Å². The van der Waals surface area contributed by atoms with Crippen LogP contribution in [0.2, 0.25) is 0 Å². The van der Waals surface area contributed by atoms with Gasteiger partial charge in [0.1, 0.15) is 0 Å². The first kappa shape index (κ1) is 15.3. The lowest BCUT2D eigenvalue weighted by Gasteiger charge is -2.13. The average Bonchev–Trinajstić information content (AvgIpc) is 2.93. The van der Waals surface area contributed by atoms with Crippen molar-refractivity contribution >= 4 is 11.6 Å².